The maximum absolute atomic E-state index is 10.1. The van der Waals surface area contributed by atoms with Gasteiger partial charge in [0.15, 0.2) is 0 Å². The Hall–Kier alpha value is -0.410. The second-order valence-electron chi connectivity index (χ2n) is 4.37. The van der Waals surface area contributed by atoms with Gasteiger partial charge in [-0.05, 0) is 34.2 Å². The van der Waals surface area contributed by atoms with Gasteiger partial charge in [0.1, 0.15) is 5.78 Å². The summed E-state index contributed by atoms with van der Waals surface area (Å²) in [5, 5.41) is 11.6. The molecule has 0 aliphatic rings. The van der Waals surface area contributed by atoms with E-state index >= 15 is 0 Å². The summed E-state index contributed by atoms with van der Waals surface area (Å²) in [4.78, 5) is 10.1. The van der Waals surface area contributed by atoms with Crippen LogP contribution in [-0.4, -0.2) is 30.1 Å². The summed E-state index contributed by atoms with van der Waals surface area (Å²) in [6.45, 7) is 9.76. The molecule has 0 aliphatic heterocycles. The highest BCUT2D eigenvalue weighted by Gasteiger charge is 2.11. The van der Waals surface area contributed by atoms with Crippen LogP contribution in [0.4, 0.5) is 0 Å². The molecule has 0 fully saturated rings. The van der Waals surface area contributed by atoms with Crippen LogP contribution in [0, 0.1) is 5.92 Å². The van der Waals surface area contributed by atoms with Gasteiger partial charge in [-0.25, -0.2) is 0 Å². The Bertz CT molecular complexity index is 153. The van der Waals surface area contributed by atoms with Crippen LogP contribution in [0.5, 0.6) is 0 Å². The monoisotopic (exact) mass is 203 g/mol. The molecule has 0 saturated carbocycles. The molecule has 0 atom stereocenters. The molecule has 0 unspecified atom stereocenters. The molecule has 0 bridgehead atoms. The van der Waals surface area contributed by atoms with Crippen molar-refractivity contribution in [2.24, 2.45) is 5.92 Å². The van der Waals surface area contributed by atoms with Crippen molar-refractivity contribution in [1.82, 2.24) is 5.32 Å². The number of hydrogen-bond donors (Lipinski definition) is 2. The fourth-order valence-electron chi connectivity index (χ4n) is 0.405. The predicted octanol–water partition coefficient (Wildman–Crippen LogP) is 1.60. The van der Waals surface area contributed by atoms with Crippen molar-refractivity contribution in [3.8, 4) is 0 Å². The van der Waals surface area contributed by atoms with Gasteiger partial charge >= 0.3 is 0 Å². The zero-order valence-corrected chi connectivity index (χ0v) is 10.3. The third kappa shape index (κ3) is 11.6. The number of hydrogen-bond acceptors (Lipinski definition) is 3. The van der Waals surface area contributed by atoms with Crippen molar-refractivity contribution >= 4 is 5.78 Å². The maximum Gasteiger partial charge on any atom is 0.132 e. The lowest BCUT2D eigenvalue weighted by Gasteiger charge is -2.21. The zero-order valence-electron chi connectivity index (χ0n) is 10.3. The van der Waals surface area contributed by atoms with Crippen LogP contribution in [0.25, 0.3) is 0 Å². The Kier molecular flexibility index (Phi) is 9.10. The molecule has 0 amide bonds. The van der Waals surface area contributed by atoms with E-state index in [2.05, 4.69) is 19.2 Å². The lowest BCUT2D eigenvalue weighted by Crippen LogP contribution is -2.36. The molecule has 0 rings (SSSR count). The molecule has 0 saturated heterocycles. The van der Waals surface area contributed by atoms with Crippen molar-refractivity contribution in [3.63, 3.8) is 0 Å². The number of aliphatic hydroxyl groups excluding tert-OH is 1. The lowest BCUT2D eigenvalue weighted by atomic mass is 10.0. The zero-order chi connectivity index (χ0) is 11.8. The summed E-state index contributed by atoms with van der Waals surface area (Å²) in [6.07, 6.45) is 0.809. The molecule has 86 valence electrons. The number of rotatable bonds is 4. The molecule has 0 spiro atoms. The van der Waals surface area contributed by atoms with E-state index in [4.69, 9.17) is 5.11 Å². The second kappa shape index (κ2) is 7.94. The third-order valence-electron chi connectivity index (χ3n) is 2.23. The van der Waals surface area contributed by atoms with Crippen LogP contribution >= 0.6 is 0 Å². The Labute approximate surface area is 87.9 Å². The van der Waals surface area contributed by atoms with E-state index in [0.717, 1.165) is 6.42 Å². The van der Waals surface area contributed by atoms with Gasteiger partial charge in [0.2, 0.25) is 0 Å². The molecule has 0 aromatic heterocycles. The molecule has 0 aliphatic carbocycles. The minimum absolute atomic E-state index is 0.0920. The summed E-state index contributed by atoms with van der Waals surface area (Å²) >= 11 is 0. The molecule has 0 aromatic rings. The SMILES string of the molecule is CC(=O)C(C)C.CNC(C)(C)CCO. The Balaban J connectivity index is 0. The van der Waals surface area contributed by atoms with E-state index < -0.39 is 0 Å². The summed E-state index contributed by atoms with van der Waals surface area (Å²) in [5.74, 6) is 0.472. The predicted molar refractivity (Wildman–Crippen MR) is 60.4 cm³/mol. The summed E-state index contributed by atoms with van der Waals surface area (Å²) in [6, 6.07) is 0. The van der Waals surface area contributed by atoms with Gasteiger partial charge in [-0.1, -0.05) is 13.8 Å². The smallest absolute Gasteiger partial charge is 0.132 e. The highest BCUT2D eigenvalue weighted by Crippen LogP contribution is 2.04. The summed E-state index contributed by atoms with van der Waals surface area (Å²) in [7, 11) is 1.90. The fraction of sp³-hybridized carbons (Fsp3) is 0.909. The van der Waals surface area contributed by atoms with Gasteiger partial charge in [-0.3, -0.25) is 4.79 Å². The summed E-state index contributed by atoms with van der Waals surface area (Å²) < 4.78 is 0. The lowest BCUT2D eigenvalue weighted by molar-refractivity contribution is -0.119. The summed E-state index contributed by atoms with van der Waals surface area (Å²) in [5.41, 5.74) is 0.0920. The molecule has 0 radical (unpaired) electrons. The first-order chi connectivity index (χ1) is 6.26. The van der Waals surface area contributed by atoms with Crippen LogP contribution < -0.4 is 5.32 Å². The van der Waals surface area contributed by atoms with Crippen LogP contribution in [-0.2, 0) is 4.79 Å². The molecular formula is C11H25NO2. The Morgan fingerprint density at radius 2 is 1.79 bits per heavy atom. The van der Waals surface area contributed by atoms with Crippen molar-refractivity contribution in [3.05, 3.63) is 0 Å². The number of nitrogens with one attached hydrogen (secondary N) is 1. The van der Waals surface area contributed by atoms with Crippen molar-refractivity contribution in [2.75, 3.05) is 13.7 Å². The normalized spacial score (nSPS) is 10.9. The molecule has 3 heteroatoms. The minimum Gasteiger partial charge on any atom is -0.396 e. The standard InChI is InChI=1S/C6H15NO.C5H10O/c1-6(2,7-3)4-5-8;1-4(2)5(3)6/h7-8H,4-5H2,1-3H3;4H,1-3H3. The highest BCUT2D eigenvalue weighted by atomic mass is 16.3. The largest absolute Gasteiger partial charge is 0.396 e. The molecular weight excluding hydrogens is 178 g/mol. The van der Waals surface area contributed by atoms with E-state index in [-0.39, 0.29) is 23.8 Å². The maximum atomic E-state index is 10.1. The highest BCUT2D eigenvalue weighted by molar-refractivity contribution is 5.77. The Morgan fingerprint density at radius 3 is 1.86 bits per heavy atom. The van der Waals surface area contributed by atoms with Crippen molar-refractivity contribution < 1.29 is 9.90 Å². The first-order valence-electron chi connectivity index (χ1n) is 5.07. The van der Waals surface area contributed by atoms with E-state index in [1.807, 2.05) is 20.9 Å². The van der Waals surface area contributed by atoms with Crippen LogP contribution in [0.2, 0.25) is 0 Å². The molecule has 14 heavy (non-hydrogen) atoms. The molecule has 0 aromatic carbocycles. The first-order valence-corrected chi connectivity index (χ1v) is 5.07. The van der Waals surface area contributed by atoms with Gasteiger partial charge in [0, 0.05) is 18.1 Å². The van der Waals surface area contributed by atoms with E-state index in [9.17, 15) is 4.79 Å². The second-order valence-corrected chi connectivity index (χ2v) is 4.37. The van der Waals surface area contributed by atoms with Gasteiger partial charge in [0.05, 0.1) is 0 Å². The number of aliphatic hydroxyl groups is 1. The number of carbonyl (C=O) groups excluding carboxylic acids is 1. The third-order valence-corrected chi connectivity index (χ3v) is 2.23. The molecule has 2 N–H and O–H groups in total. The van der Waals surface area contributed by atoms with Crippen molar-refractivity contribution in [2.45, 2.75) is 46.6 Å². The number of ketones is 1. The average Bonchev–Trinajstić information content (AvgIpc) is 2.05. The minimum atomic E-state index is 0.0920. The quantitative estimate of drug-likeness (QED) is 0.729. The average molecular weight is 203 g/mol. The van der Waals surface area contributed by atoms with Crippen LogP contribution in [0.1, 0.15) is 41.0 Å². The Morgan fingerprint density at radius 1 is 1.43 bits per heavy atom. The van der Waals surface area contributed by atoms with E-state index in [1.54, 1.807) is 6.92 Å². The van der Waals surface area contributed by atoms with Gasteiger partial charge in [-0.2, -0.15) is 0 Å². The molecule has 3 nitrogen and oxygen atoms in total. The topological polar surface area (TPSA) is 49.3 Å². The molecule has 0 heterocycles. The first kappa shape index (κ1) is 16.0. The van der Waals surface area contributed by atoms with Crippen LogP contribution in [0.15, 0.2) is 0 Å². The van der Waals surface area contributed by atoms with E-state index in [0.29, 0.717) is 0 Å². The van der Waals surface area contributed by atoms with Crippen molar-refractivity contribution in [1.29, 1.82) is 0 Å². The number of Topliss-reactive ketones (excluding diaryl/α,β-unsaturated/α-hetero) is 1. The number of carbonyl (C=O) groups is 1. The fourth-order valence-corrected chi connectivity index (χ4v) is 0.405. The van der Waals surface area contributed by atoms with Gasteiger partial charge < -0.3 is 10.4 Å². The van der Waals surface area contributed by atoms with Crippen LogP contribution in [0.3, 0.4) is 0 Å². The van der Waals surface area contributed by atoms with E-state index in [1.165, 1.54) is 0 Å². The van der Waals surface area contributed by atoms with Gasteiger partial charge in [-0.15, -0.1) is 0 Å². The van der Waals surface area contributed by atoms with Gasteiger partial charge in [0.25, 0.3) is 0 Å².